The van der Waals surface area contributed by atoms with Gasteiger partial charge in [0.05, 0.1) is 34.7 Å². The van der Waals surface area contributed by atoms with Crippen molar-refractivity contribution >= 4 is 22.6 Å². The lowest BCUT2D eigenvalue weighted by atomic mass is 10.2. The van der Waals surface area contributed by atoms with Gasteiger partial charge in [0.15, 0.2) is 17.5 Å². The number of fused-ring (bicyclic) bond motifs is 1. The molecule has 152 valence electrons. The highest BCUT2D eigenvalue weighted by Crippen LogP contribution is 2.20. The first-order valence-corrected chi connectivity index (χ1v) is 9.27. The molecule has 0 radical (unpaired) electrons. The lowest BCUT2D eigenvalue weighted by Crippen LogP contribution is -2.34. The van der Waals surface area contributed by atoms with Gasteiger partial charge in [0.2, 0.25) is 5.91 Å². The highest BCUT2D eigenvalue weighted by molar-refractivity contribution is 5.92. The lowest BCUT2D eigenvalue weighted by Gasteiger charge is -2.21. The van der Waals surface area contributed by atoms with Gasteiger partial charge in [-0.3, -0.25) is 9.69 Å². The number of benzene rings is 2. The maximum atomic E-state index is 13.8. The number of carbonyl (C=O) groups excluding carboxylic acids is 1. The van der Waals surface area contributed by atoms with Crippen LogP contribution in [0.15, 0.2) is 36.4 Å². The number of hydrogen-bond donors (Lipinski definition) is 1. The summed E-state index contributed by atoms with van der Waals surface area (Å²) in [5.74, 6) is -4.87. The van der Waals surface area contributed by atoms with E-state index in [2.05, 4.69) is 15.3 Å². The summed E-state index contributed by atoms with van der Waals surface area (Å²) in [4.78, 5) is 23.4. The third-order valence-corrected chi connectivity index (χ3v) is 4.43. The van der Waals surface area contributed by atoms with Crippen LogP contribution in [0.5, 0.6) is 0 Å². The van der Waals surface area contributed by atoms with E-state index >= 15 is 0 Å². The van der Waals surface area contributed by atoms with Crippen molar-refractivity contribution in [3.8, 4) is 0 Å². The molecule has 5 nitrogen and oxygen atoms in total. The van der Waals surface area contributed by atoms with Crippen molar-refractivity contribution in [2.45, 2.75) is 26.8 Å². The Hall–Kier alpha value is -3.00. The van der Waals surface area contributed by atoms with Crippen LogP contribution in [0.3, 0.4) is 0 Å². The summed E-state index contributed by atoms with van der Waals surface area (Å²) in [5.41, 5.74) is 2.66. The van der Waals surface area contributed by atoms with E-state index in [1.54, 1.807) is 0 Å². The fraction of sp³-hybridized carbons (Fsp3) is 0.286. The topological polar surface area (TPSA) is 58.1 Å². The zero-order valence-electron chi connectivity index (χ0n) is 16.2. The predicted octanol–water partition coefficient (Wildman–Crippen LogP) is 4.21. The van der Waals surface area contributed by atoms with E-state index in [-0.39, 0.29) is 6.54 Å². The summed E-state index contributed by atoms with van der Waals surface area (Å²) in [5, 5.41) is 2.30. The molecule has 0 bridgehead atoms. The second kappa shape index (κ2) is 9.00. The number of para-hydroxylation sites is 2. The van der Waals surface area contributed by atoms with E-state index in [0.29, 0.717) is 13.1 Å². The van der Waals surface area contributed by atoms with E-state index in [0.717, 1.165) is 41.0 Å². The van der Waals surface area contributed by atoms with Crippen molar-refractivity contribution in [2.24, 2.45) is 0 Å². The summed E-state index contributed by atoms with van der Waals surface area (Å²) in [6.07, 6.45) is 0.785. The van der Waals surface area contributed by atoms with Crippen LogP contribution in [0.25, 0.3) is 11.0 Å². The smallest absolute Gasteiger partial charge is 0.238 e. The van der Waals surface area contributed by atoms with E-state index in [9.17, 15) is 18.0 Å². The fourth-order valence-corrected chi connectivity index (χ4v) is 3.03. The van der Waals surface area contributed by atoms with Gasteiger partial charge in [0.25, 0.3) is 0 Å². The number of hydrogen-bond acceptors (Lipinski definition) is 4. The number of anilines is 1. The van der Waals surface area contributed by atoms with Crippen LogP contribution in [0.2, 0.25) is 0 Å². The van der Waals surface area contributed by atoms with Gasteiger partial charge in [-0.25, -0.2) is 23.1 Å². The number of rotatable bonds is 7. The van der Waals surface area contributed by atoms with Crippen molar-refractivity contribution in [2.75, 3.05) is 18.4 Å². The average Bonchev–Trinajstić information content (AvgIpc) is 2.69. The van der Waals surface area contributed by atoms with Crippen molar-refractivity contribution in [1.82, 2.24) is 14.9 Å². The first kappa shape index (κ1) is 20.7. The molecule has 3 rings (SSSR count). The zero-order valence-corrected chi connectivity index (χ0v) is 16.2. The van der Waals surface area contributed by atoms with Crippen molar-refractivity contribution < 1.29 is 18.0 Å². The predicted molar refractivity (Wildman–Crippen MR) is 105 cm³/mol. The van der Waals surface area contributed by atoms with Crippen LogP contribution in [0.4, 0.5) is 18.9 Å². The van der Waals surface area contributed by atoms with Gasteiger partial charge >= 0.3 is 0 Å². The maximum Gasteiger partial charge on any atom is 0.238 e. The monoisotopic (exact) mass is 402 g/mol. The Bertz CT molecular complexity index is 1040. The Morgan fingerprint density at radius 3 is 2.41 bits per heavy atom. The van der Waals surface area contributed by atoms with Gasteiger partial charge in [-0.1, -0.05) is 19.1 Å². The Morgan fingerprint density at radius 1 is 1.03 bits per heavy atom. The van der Waals surface area contributed by atoms with Crippen LogP contribution in [0.1, 0.15) is 24.7 Å². The third-order valence-electron chi connectivity index (χ3n) is 4.43. The molecule has 0 fully saturated rings. The first-order chi connectivity index (χ1) is 13.9. The Balaban J connectivity index is 1.74. The van der Waals surface area contributed by atoms with E-state index in [1.165, 1.54) is 0 Å². The number of halogens is 3. The fourth-order valence-electron chi connectivity index (χ4n) is 3.03. The summed E-state index contributed by atoms with van der Waals surface area (Å²) >= 11 is 0. The number of amides is 1. The number of carbonyl (C=O) groups is 1. The molecule has 1 heterocycles. The molecule has 1 amide bonds. The number of nitrogens with one attached hydrogen (secondary N) is 1. The van der Waals surface area contributed by atoms with Gasteiger partial charge in [-0.05, 0) is 44.2 Å². The van der Waals surface area contributed by atoms with Crippen LogP contribution in [-0.4, -0.2) is 33.9 Å². The van der Waals surface area contributed by atoms with Gasteiger partial charge < -0.3 is 5.32 Å². The summed E-state index contributed by atoms with van der Waals surface area (Å²) in [6.45, 7) is 4.75. The number of nitrogens with zero attached hydrogens (tertiary/aromatic N) is 3. The molecule has 3 aromatic rings. The van der Waals surface area contributed by atoms with Crippen LogP contribution in [-0.2, 0) is 11.3 Å². The van der Waals surface area contributed by atoms with E-state index in [4.69, 9.17) is 0 Å². The molecule has 1 aromatic heterocycles. The minimum Gasteiger partial charge on any atom is -0.322 e. The normalized spacial score (nSPS) is 11.2. The van der Waals surface area contributed by atoms with Crippen molar-refractivity contribution in [1.29, 1.82) is 0 Å². The highest BCUT2D eigenvalue weighted by Gasteiger charge is 2.18. The van der Waals surface area contributed by atoms with Gasteiger partial charge in [-0.15, -0.1) is 0 Å². The number of aryl methyl sites for hydroxylation is 1. The van der Waals surface area contributed by atoms with Gasteiger partial charge in [0.1, 0.15) is 0 Å². The molecule has 0 aliphatic carbocycles. The largest absolute Gasteiger partial charge is 0.322 e. The maximum absolute atomic E-state index is 13.8. The molecule has 2 aromatic carbocycles. The number of aromatic nitrogens is 2. The van der Waals surface area contributed by atoms with Gasteiger partial charge in [0, 0.05) is 6.54 Å². The van der Waals surface area contributed by atoms with Crippen molar-refractivity contribution in [3.05, 3.63) is 65.2 Å². The molecule has 1 N–H and O–H groups in total. The minimum absolute atomic E-state index is 0.0553. The molecule has 0 aliphatic rings. The molecule has 0 saturated heterocycles. The third kappa shape index (κ3) is 4.89. The average molecular weight is 402 g/mol. The molecule has 0 spiro atoms. The van der Waals surface area contributed by atoms with Gasteiger partial charge in [-0.2, -0.15) is 0 Å². The first-order valence-electron chi connectivity index (χ1n) is 9.27. The summed E-state index contributed by atoms with van der Waals surface area (Å²) in [6, 6.07) is 9.28. The highest BCUT2D eigenvalue weighted by atomic mass is 19.2. The molecule has 8 heteroatoms. The second-order valence-corrected chi connectivity index (χ2v) is 6.73. The molecule has 0 atom stereocenters. The minimum atomic E-state index is -1.62. The van der Waals surface area contributed by atoms with Crippen molar-refractivity contribution in [3.63, 3.8) is 0 Å². The molecular weight excluding hydrogens is 381 g/mol. The Kier molecular flexibility index (Phi) is 6.43. The van der Waals surface area contributed by atoms with Crippen LogP contribution < -0.4 is 5.32 Å². The summed E-state index contributed by atoms with van der Waals surface area (Å²) < 4.78 is 40.2. The SMILES string of the molecule is CCCN(CC(=O)Nc1ccc(F)c(F)c1F)Cc1nc2ccccc2nc1C. The molecule has 0 unspecified atom stereocenters. The molecular formula is C21H21F3N4O. The Morgan fingerprint density at radius 2 is 1.72 bits per heavy atom. The molecule has 29 heavy (non-hydrogen) atoms. The molecule has 0 saturated carbocycles. The zero-order chi connectivity index (χ0) is 21.0. The van der Waals surface area contributed by atoms with E-state index in [1.807, 2.05) is 43.0 Å². The van der Waals surface area contributed by atoms with Crippen LogP contribution >= 0.6 is 0 Å². The standard InChI is InChI=1S/C21H21F3N4O/c1-3-10-28(11-18-13(2)25-15-6-4-5-7-16(15)26-18)12-19(29)27-17-9-8-14(22)20(23)21(17)24/h4-9H,3,10-12H2,1-2H3,(H,27,29). The lowest BCUT2D eigenvalue weighted by molar-refractivity contribution is -0.117. The molecule has 0 aliphatic heterocycles. The van der Waals surface area contributed by atoms with Crippen LogP contribution in [0, 0.1) is 24.4 Å². The summed E-state index contributed by atoms with van der Waals surface area (Å²) in [7, 11) is 0. The second-order valence-electron chi connectivity index (χ2n) is 6.73. The van der Waals surface area contributed by atoms with E-state index < -0.39 is 29.0 Å². The quantitative estimate of drug-likeness (QED) is 0.602. The Labute approximate surface area is 166 Å².